The quantitative estimate of drug-likeness (QED) is 0.696. The van der Waals surface area contributed by atoms with E-state index in [2.05, 4.69) is 10.3 Å². The van der Waals surface area contributed by atoms with Crippen molar-refractivity contribution in [2.75, 3.05) is 14.1 Å². The van der Waals surface area contributed by atoms with E-state index in [1.165, 1.54) is 6.07 Å². The number of hydrogen-bond acceptors (Lipinski definition) is 4. The predicted octanol–water partition coefficient (Wildman–Crippen LogP) is 3.52. The van der Waals surface area contributed by atoms with Gasteiger partial charge >= 0.3 is 0 Å². The first-order valence-electron chi connectivity index (χ1n) is 8.20. The van der Waals surface area contributed by atoms with Crippen molar-refractivity contribution in [3.8, 4) is 0 Å². The van der Waals surface area contributed by atoms with Gasteiger partial charge < -0.3 is 9.88 Å². The van der Waals surface area contributed by atoms with E-state index >= 15 is 0 Å². The molecule has 2 heterocycles. The van der Waals surface area contributed by atoms with Gasteiger partial charge in [0.05, 0.1) is 5.52 Å². The molecular weight excluding hydrogens is 351 g/mol. The number of halogens is 1. The number of carbonyl (C=O) groups excluding carboxylic acids is 1. The Kier molecular flexibility index (Phi) is 5.29. The zero-order chi connectivity index (χ0) is 18.8. The highest BCUT2D eigenvalue weighted by Gasteiger charge is 2.17. The molecule has 1 N–H and O–H groups in total. The van der Waals surface area contributed by atoms with Gasteiger partial charge in [0.2, 0.25) is 0 Å². The summed E-state index contributed by atoms with van der Waals surface area (Å²) in [5, 5.41) is 3.54. The second-order valence-electron chi connectivity index (χ2n) is 6.22. The van der Waals surface area contributed by atoms with Gasteiger partial charge in [-0.25, -0.2) is 4.39 Å². The Morgan fingerprint density at radius 3 is 2.85 bits per heavy atom. The largest absolute Gasteiger partial charge is 0.347 e. The van der Waals surface area contributed by atoms with Crippen LogP contribution in [0.15, 0.2) is 41.4 Å². The summed E-state index contributed by atoms with van der Waals surface area (Å²) in [7, 11) is 5.76. The van der Waals surface area contributed by atoms with E-state index < -0.39 is 0 Å². The Bertz CT molecular complexity index is 968. The molecule has 0 aliphatic heterocycles. The maximum atomic E-state index is 14.3. The number of nitrogens with one attached hydrogen (secondary N) is 1. The highest BCUT2D eigenvalue weighted by Crippen LogP contribution is 2.27. The fourth-order valence-electron chi connectivity index (χ4n) is 2.80. The molecule has 0 unspecified atom stereocenters. The Balaban J connectivity index is 1.83. The minimum atomic E-state index is -0.349. The summed E-state index contributed by atoms with van der Waals surface area (Å²) in [6.45, 7) is 2.08. The molecule has 1 aromatic carbocycles. The summed E-state index contributed by atoms with van der Waals surface area (Å²) >= 11 is 1.56. The lowest BCUT2D eigenvalue weighted by Crippen LogP contribution is -2.25. The normalized spacial score (nSPS) is 11.3. The Labute approximate surface area is 156 Å². The van der Waals surface area contributed by atoms with Crippen molar-refractivity contribution in [1.82, 2.24) is 19.2 Å². The Morgan fingerprint density at radius 1 is 1.35 bits per heavy atom. The number of nitrogens with zero attached hydrogens (tertiary/aromatic N) is 3. The zero-order valence-electron chi connectivity index (χ0n) is 15.2. The van der Waals surface area contributed by atoms with Gasteiger partial charge in [0.25, 0.3) is 5.91 Å². The molecule has 7 heteroatoms. The molecule has 0 aliphatic carbocycles. The Hall–Kier alpha value is -2.38. The predicted molar refractivity (Wildman–Crippen MR) is 103 cm³/mol. The van der Waals surface area contributed by atoms with E-state index in [1.807, 2.05) is 49.1 Å². The van der Waals surface area contributed by atoms with Crippen LogP contribution in [-0.2, 0) is 13.6 Å². The number of carbonyl (C=O) groups is 1. The summed E-state index contributed by atoms with van der Waals surface area (Å²) in [6.07, 6.45) is 1.67. The third-order valence-electron chi connectivity index (χ3n) is 4.27. The maximum absolute atomic E-state index is 14.3. The summed E-state index contributed by atoms with van der Waals surface area (Å²) in [6, 6.07) is 8.46. The minimum Gasteiger partial charge on any atom is -0.347 e. The van der Waals surface area contributed by atoms with E-state index in [0.29, 0.717) is 22.2 Å². The van der Waals surface area contributed by atoms with E-state index in [0.717, 1.165) is 10.6 Å². The number of fused-ring (bicyclic) bond motifs is 1. The average molecular weight is 372 g/mol. The van der Waals surface area contributed by atoms with Crippen LogP contribution in [0.2, 0.25) is 0 Å². The number of pyridine rings is 1. The lowest BCUT2D eigenvalue weighted by molar-refractivity contribution is 0.0942. The van der Waals surface area contributed by atoms with Crippen molar-refractivity contribution in [2.24, 2.45) is 7.05 Å². The molecular formula is C19H21FN4OS. The molecule has 5 nitrogen and oxygen atoms in total. The van der Waals surface area contributed by atoms with Crippen molar-refractivity contribution in [3.63, 3.8) is 0 Å². The van der Waals surface area contributed by atoms with Gasteiger partial charge in [-0.1, -0.05) is 6.07 Å². The third-order valence-corrected chi connectivity index (χ3v) is 5.24. The molecule has 1 amide bonds. The van der Waals surface area contributed by atoms with Crippen LogP contribution in [0, 0.1) is 12.7 Å². The van der Waals surface area contributed by atoms with Crippen LogP contribution in [-0.4, -0.2) is 33.9 Å². The van der Waals surface area contributed by atoms with Gasteiger partial charge in [-0.2, -0.15) is 0 Å². The molecule has 0 radical (unpaired) electrons. The number of amides is 1. The topological polar surface area (TPSA) is 50.2 Å². The number of benzene rings is 1. The van der Waals surface area contributed by atoms with E-state index in [-0.39, 0.29) is 18.3 Å². The number of rotatable bonds is 5. The molecule has 0 saturated carbocycles. The first-order valence-corrected chi connectivity index (χ1v) is 8.97. The molecule has 3 rings (SSSR count). The molecule has 0 fully saturated rings. The number of hydrogen-bond donors (Lipinski definition) is 1. The molecule has 0 spiro atoms. The lowest BCUT2D eigenvalue weighted by atomic mass is 10.1. The van der Waals surface area contributed by atoms with Crippen molar-refractivity contribution in [2.45, 2.75) is 18.4 Å². The van der Waals surface area contributed by atoms with Crippen LogP contribution in [0.25, 0.3) is 10.9 Å². The number of aromatic nitrogens is 2. The van der Waals surface area contributed by atoms with Gasteiger partial charge in [0.1, 0.15) is 11.5 Å². The highest BCUT2D eigenvalue weighted by atomic mass is 32.2. The van der Waals surface area contributed by atoms with Gasteiger partial charge in [0, 0.05) is 41.3 Å². The van der Waals surface area contributed by atoms with Crippen LogP contribution >= 0.6 is 11.9 Å². The molecule has 136 valence electrons. The van der Waals surface area contributed by atoms with Gasteiger partial charge in [-0.05, 0) is 57.2 Å². The second kappa shape index (κ2) is 7.47. The van der Waals surface area contributed by atoms with E-state index in [1.54, 1.807) is 30.3 Å². The summed E-state index contributed by atoms with van der Waals surface area (Å²) in [5.41, 5.74) is 2.70. The molecule has 0 saturated heterocycles. The lowest BCUT2D eigenvalue weighted by Gasteiger charge is -2.10. The summed E-state index contributed by atoms with van der Waals surface area (Å²) < 4.78 is 18.1. The standard InChI is InChI=1S/C19H21FN4OS/c1-12-18(26-23(2)3)10-17(24(12)4)19(25)22-11-14-13-6-5-9-21-16(13)8-7-15(14)20/h5-10H,11H2,1-4H3,(H,22,25). The summed E-state index contributed by atoms with van der Waals surface area (Å²) in [5.74, 6) is -0.584. The zero-order valence-corrected chi connectivity index (χ0v) is 16.0. The first-order chi connectivity index (χ1) is 12.4. The van der Waals surface area contributed by atoms with Crippen molar-refractivity contribution in [3.05, 3.63) is 59.3 Å². The van der Waals surface area contributed by atoms with Crippen LogP contribution < -0.4 is 5.32 Å². The minimum absolute atomic E-state index is 0.105. The van der Waals surface area contributed by atoms with Crippen molar-refractivity contribution < 1.29 is 9.18 Å². The fourth-order valence-corrected chi connectivity index (χ4v) is 3.63. The molecule has 0 atom stereocenters. The average Bonchev–Trinajstić information content (AvgIpc) is 2.88. The monoisotopic (exact) mass is 372 g/mol. The Morgan fingerprint density at radius 2 is 2.12 bits per heavy atom. The maximum Gasteiger partial charge on any atom is 0.268 e. The van der Waals surface area contributed by atoms with E-state index in [9.17, 15) is 9.18 Å². The molecule has 0 bridgehead atoms. The molecule has 26 heavy (non-hydrogen) atoms. The SMILES string of the molecule is Cc1c(SN(C)C)cc(C(=O)NCc2c(F)ccc3ncccc23)n1C. The van der Waals surface area contributed by atoms with Gasteiger partial charge in [-0.3, -0.25) is 14.1 Å². The van der Waals surface area contributed by atoms with Gasteiger partial charge in [-0.15, -0.1) is 0 Å². The van der Waals surface area contributed by atoms with Crippen LogP contribution in [0.4, 0.5) is 4.39 Å². The van der Waals surface area contributed by atoms with Crippen molar-refractivity contribution >= 4 is 28.8 Å². The third kappa shape index (κ3) is 3.59. The highest BCUT2D eigenvalue weighted by molar-refractivity contribution is 7.97. The molecule has 3 aromatic rings. The van der Waals surface area contributed by atoms with E-state index in [4.69, 9.17) is 0 Å². The van der Waals surface area contributed by atoms with Crippen LogP contribution in [0.5, 0.6) is 0 Å². The molecule has 2 aromatic heterocycles. The molecule has 0 aliphatic rings. The first kappa shape index (κ1) is 18.4. The smallest absolute Gasteiger partial charge is 0.268 e. The second-order valence-corrected chi connectivity index (χ2v) is 7.57. The van der Waals surface area contributed by atoms with Gasteiger partial charge in [0.15, 0.2) is 0 Å². The van der Waals surface area contributed by atoms with Crippen LogP contribution in [0.3, 0.4) is 0 Å². The van der Waals surface area contributed by atoms with Crippen molar-refractivity contribution in [1.29, 1.82) is 0 Å². The summed E-state index contributed by atoms with van der Waals surface area (Å²) in [4.78, 5) is 17.9. The fraction of sp³-hybridized carbons (Fsp3) is 0.263. The van der Waals surface area contributed by atoms with Crippen LogP contribution in [0.1, 0.15) is 21.7 Å².